The van der Waals surface area contributed by atoms with Crippen LogP contribution in [0.4, 0.5) is 0 Å². The van der Waals surface area contributed by atoms with Crippen molar-refractivity contribution in [2.24, 2.45) is 7.05 Å². The Morgan fingerprint density at radius 3 is 3.04 bits per heavy atom. The first-order valence-corrected chi connectivity index (χ1v) is 9.01. The Labute approximate surface area is 142 Å². The van der Waals surface area contributed by atoms with Crippen LogP contribution in [0.2, 0.25) is 0 Å². The van der Waals surface area contributed by atoms with Crippen molar-refractivity contribution in [1.82, 2.24) is 24.2 Å². The summed E-state index contributed by atoms with van der Waals surface area (Å²) in [5, 5.41) is 4.64. The molecule has 3 heterocycles. The summed E-state index contributed by atoms with van der Waals surface area (Å²) in [6.45, 7) is 2.82. The monoisotopic (exact) mass is 327 g/mol. The van der Waals surface area contributed by atoms with E-state index >= 15 is 0 Å². The van der Waals surface area contributed by atoms with E-state index in [1.165, 1.54) is 6.42 Å². The molecule has 2 aliphatic rings. The van der Waals surface area contributed by atoms with Crippen molar-refractivity contribution in [3.8, 4) is 0 Å². The molecule has 1 atom stereocenters. The van der Waals surface area contributed by atoms with Crippen LogP contribution < -0.4 is 5.56 Å². The quantitative estimate of drug-likeness (QED) is 0.827. The molecule has 24 heavy (non-hydrogen) atoms. The Morgan fingerprint density at radius 1 is 1.29 bits per heavy atom. The fraction of sp³-hybridized carbons (Fsp3) is 0.611. The van der Waals surface area contributed by atoms with Crippen LogP contribution in [0, 0.1) is 0 Å². The van der Waals surface area contributed by atoms with E-state index in [9.17, 15) is 4.79 Å². The lowest BCUT2D eigenvalue weighted by molar-refractivity contribution is 0.225. The van der Waals surface area contributed by atoms with Gasteiger partial charge in [-0.1, -0.05) is 0 Å². The first kappa shape index (κ1) is 15.6. The molecule has 1 saturated heterocycles. The van der Waals surface area contributed by atoms with Crippen LogP contribution in [0.5, 0.6) is 0 Å². The van der Waals surface area contributed by atoms with Gasteiger partial charge in [0.25, 0.3) is 5.56 Å². The number of aromatic nitrogens is 4. The molecule has 0 N–H and O–H groups in total. The zero-order valence-electron chi connectivity index (χ0n) is 14.3. The Hall–Kier alpha value is -1.95. The third-order valence-electron chi connectivity index (χ3n) is 5.45. The lowest BCUT2D eigenvalue weighted by atomic mass is 10.2. The Bertz CT molecular complexity index is 778. The molecule has 1 aliphatic carbocycles. The van der Waals surface area contributed by atoms with Crippen molar-refractivity contribution in [2.45, 2.75) is 51.1 Å². The Balaban J connectivity index is 1.44. The largest absolute Gasteiger partial charge is 0.338 e. The topological polar surface area (TPSA) is 56.0 Å². The highest BCUT2D eigenvalue weighted by Gasteiger charge is 2.26. The minimum Gasteiger partial charge on any atom is -0.338 e. The fourth-order valence-corrected chi connectivity index (χ4v) is 4.05. The van der Waals surface area contributed by atoms with Crippen molar-refractivity contribution in [3.63, 3.8) is 0 Å². The summed E-state index contributed by atoms with van der Waals surface area (Å²) >= 11 is 0. The second-order valence-electron chi connectivity index (χ2n) is 7.03. The number of imidazole rings is 1. The average molecular weight is 327 g/mol. The molecule has 0 bridgehead atoms. The lowest BCUT2D eigenvalue weighted by Crippen LogP contribution is -2.38. The SMILES string of the molecule is Cn1ccnc1CCN1CCCC1Cn1nc2c(cc1=O)CCC2. The second kappa shape index (κ2) is 6.51. The van der Waals surface area contributed by atoms with Gasteiger partial charge >= 0.3 is 0 Å². The molecule has 1 unspecified atom stereocenters. The molecule has 6 heteroatoms. The van der Waals surface area contributed by atoms with Gasteiger partial charge < -0.3 is 4.57 Å². The smallest absolute Gasteiger partial charge is 0.267 e. The van der Waals surface area contributed by atoms with E-state index in [1.54, 1.807) is 4.68 Å². The molecule has 0 amide bonds. The summed E-state index contributed by atoms with van der Waals surface area (Å²) in [4.78, 5) is 19.2. The van der Waals surface area contributed by atoms with Gasteiger partial charge in [-0.25, -0.2) is 9.67 Å². The Morgan fingerprint density at radius 2 is 2.21 bits per heavy atom. The lowest BCUT2D eigenvalue weighted by Gasteiger charge is -2.24. The van der Waals surface area contributed by atoms with Crippen LogP contribution >= 0.6 is 0 Å². The van der Waals surface area contributed by atoms with Crippen molar-refractivity contribution in [2.75, 3.05) is 13.1 Å². The van der Waals surface area contributed by atoms with E-state index in [0.29, 0.717) is 12.6 Å². The third-order valence-corrected chi connectivity index (χ3v) is 5.45. The van der Waals surface area contributed by atoms with E-state index in [2.05, 4.69) is 19.5 Å². The second-order valence-corrected chi connectivity index (χ2v) is 7.03. The number of rotatable bonds is 5. The minimum absolute atomic E-state index is 0.0617. The van der Waals surface area contributed by atoms with E-state index < -0.39 is 0 Å². The molecule has 128 valence electrons. The van der Waals surface area contributed by atoms with E-state index in [-0.39, 0.29) is 5.56 Å². The van der Waals surface area contributed by atoms with Gasteiger partial charge in [0.1, 0.15) is 5.82 Å². The number of hydrogen-bond donors (Lipinski definition) is 0. The van der Waals surface area contributed by atoms with Crippen LogP contribution in [0.15, 0.2) is 23.3 Å². The molecule has 0 saturated carbocycles. The Kier molecular flexibility index (Phi) is 4.22. The van der Waals surface area contributed by atoms with Crippen molar-refractivity contribution in [1.29, 1.82) is 0 Å². The van der Waals surface area contributed by atoms with E-state index in [1.807, 2.05) is 25.5 Å². The number of aryl methyl sites for hydroxylation is 3. The average Bonchev–Trinajstić information content (AvgIpc) is 3.28. The highest BCUT2D eigenvalue weighted by Crippen LogP contribution is 2.20. The summed E-state index contributed by atoms with van der Waals surface area (Å²) in [6.07, 6.45) is 10.3. The maximum absolute atomic E-state index is 12.3. The normalized spacial score (nSPS) is 20.6. The van der Waals surface area contributed by atoms with Gasteiger partial charge in [-0.2, -0.15) is 5.10 Å². The maximum Gasteiger partial charge on any atom is 0.267 e. The highest BCUT2D eigenvalue weighted by atomic mass is 16.1. The van der Waals surface area contributed by atoms with Crippen LogP contribution in [0.1, 0.15) is 36.3 Å². The highest BCUT2D eigenvalue weighted by molar-refractivity contribution is 5.22. The fourth-order valence-electron chi connectivity index (χ4n) is 4.05. The van der Waals surface area contributed by atoms with E-state index in [0.717, 1.165) is 62.3 Å². The molecule has 1 fully saturated rings. The number of fused-ring (bicyclic) bond motifs is 1. The molecule has 0 spiro atoms. The molecule has 0 radical (unpaired) electrons. The standard InChI is InChI=1S/C18H25N5O/c1-21-11-8-19-17(21)7-10-22-9-3-5-15(22)13-23-18(24)12-14-4-2-6-16(14)20-23/h8,11-12,15H,2-7,9-10,13H2,1H3. The third kappa shape index (κ3) is 3.02. The van der Waals surface area contributed by atoms with E-state index in [4.69, 9.17) is 0 Å². The molecule has 4 rings (SSSR count). The van der Waals surface area contributed by atoms with Crippen molar-refractivity contribution in [3.05, 3.63) is 45.9 Å². The molecule has 6 nitrogen and oxygen atoms in total. The van der Waals surface area contributed by atoms with Crippen molar-refractivity contribution >= 4 is 0 Å². The summed E-state index contributed by atoms with van der Waals surface area (Å²) < 4.78 is 3.78. The zero-order chi connectivity index (χ0) is 16.5. The molecular weight excluding hydrogens is 302 g/mol. The van der Waals surface area contributed by atoms with Crippen LogP contribution in [-0.4, -0.2) is 43.4 Å². The summed E-state index contributed by atoms with van der Waals surface area (Å²) in [5.41, 5.74) is 2.35. The first-order chi connectivity index (χ1) is 11.7. The molecule has 2 aromatic rings. The van der Waals surface area contributed by atoms with Gasteiger partial charge in [0.05, 0.1) is 12.2 Å². The predicted molar refractivity (Wildman–Crippen MR) is 92.0 cm³/mol. The molecule has 2 aromatic heterocycles. The first-order valence-electron chi connectivity index (χ1n) is 9.01. The minimum atomic E-state index is 0.0617. The van der Waals surface area contributed by atoms with Gasteiger partial charge in [0.2, 0.25) is 0 Å². The summed E-state index contributed by atoms with van der Waals surface area (Å²) in [7, 11) is 2.04. The number of likely N-dealkylation sites (tertiary alicyclic amines) is 1. The number of hydrogen-bond acceptors (Lipinski definition) is 4. The van der Waals surface area contributed by atoms with Crippen molar-refractivity contribution < 1.29 is 0 Å². The van der Waals surface area contributed by atoms with Gasteiger partial charge in [-0.3, -0.25) is 9.69 Å². The predicted octanol–water partition coefficient (Wildman–Crippen LogP) is 1.17. The molecule has 0 aromatic carbocycles. The van der Waals surface area contributed by atoms with Gasteiger partial charge in [0.15, 0.2) is 0 Å². The maximum atomic E-state index is 12.3. The summed E-state index contributed by atoms with van der Waals surface area (Å²) in [5.74, 6) is 1.12. The van der Waals surface area contributed by atoms with Crippen LogP contribution in [0.25, 0.3) is 0 Å². The summed E-state index contributed by atoms with van der Waals surface area (Å²) in [6, 6.07) is 2.22. The van der Waals surface area contributed by atoms with Gasteiger partial charge in [0, 0.05) is 44.5 Å². The number of nitrogens with zero attached hydrogens (tertiary/aromatic N) is 5. The molecular formula is C18H25N5O. The van der Waals surface area contributed by atoms with Crippen LogP contribution in [-0.2, 0) is 32.9 Å². The van der Waals surface area contributed by atoms with Gasteiger partial charge in [-0.05, 0) is 44.2 Å². The van der Waals surface area contributed by atoms with Crippen LogP contribution in [0.3, 0.4) is 0 Å². The molecule has 1 aliphatic heterocycles. The zero-order valence-corrected chi connectivity index (χ0v) is 14.3. The van der Waals surface area contributed by atoms with Gasteiger partial charge in [-0.15, -0.1) is 0 Å².